The molecule has 0 radical (unpaired) electrons. The second kappa shape index (κ2) is 7.19. The van der Waals surface area contributed by atoms with E-state index in [1.165, 1.54) is 18.4 Å². The van der Waals surface area contributed by atoms with Gasteiger partial charge in [-0.15, -0.1) is 0 Å². The van der Waals surface area contributed by atoms with Crippen LogP contribution in [0.4, 0.5) is 0 Å². The normalized spacial score (nSPS) is 26.9. The molecule has 4 rings (SSSR count). The van der Waals surface area contributed by atoms with Crippen molar-refractivity contribution in [2.45, 2.75) is 44.1 Å². The van der Waals surface area contributed by atoms with E-state index in [4.69, 9.17) is 9.47 Å². The highest BCUT2D eigenvalue weighted by Gasteiger charge is 2.34. The molecule has 2 atom stereocenters. The van der Waals surface area contributed by atoms with E-state index in [0.29, 0.717) is 26.3 Å². The first-order valence-electron chi connectivity index (χ1n) is 9.23. The molecule has 0 unspecified atom stereocenters. The predicted octanol–water partition coefficient (Wildman–Crippen LogP) is 2.16. The van der Waals surface area contributed by atoms with Gasteiger partial charge >= 0.3 is 0 Å². The van der Waals surface area contributed by atoms with Gasteiger partial charge in [0.05, 0.1) is 30.9 Å². The predicted molar refractivity (Wildman–Crippen MR) is 89.8 cm³/mol. The molecule has 1 saturated heterocycles. The van der Waals surface area contributed by atoms with Crippen molar-refractivity contribution in [2.75, 3.05) is 32.9 Å². The van der Waals surface area contributed by atoms with E-state index in [1.807, 2.05) is 11.0 Å². The van der Waals surface area contributed by atoms with E-state index in [-0.39, 0.29) is 17.9 Å². The van der Waals surface area contributed by atoms with Crippen molar-refractivity contribution >= 4 is 5.91 Å². The van der Waals surface area contributed by atoms with Gasteiger partial charge in [-0.2, -0.15) is 0 Å². The van der Waals surface area contributed by atoms with Gasteiger partial charge in [0.2, 0.25) is 5.91 Å². The molecule has 1 amide bonds. The van der Waals surface area contributed by atoms with Gasteiger partial charge < -0.3 is 14.4 Å². The molecule has 1 aromatic heterocycles. The average Bonchev–Trinajstić information content (AvgIpc) is 3.45. The smallest absolute Gasteiger partial charge is 0.231 e. The Labute approximate surface area is 143 Å². The maximum atomic E-state index is 13.0. The second-order valence-electron chi connectivity index (χ2n) is 7.25. The van der Waals surface area contributed by atoms with Crippen LogP contribution in [0.25, 0.3) is 0 Å². The van der Waals surface area contributed by atoms with Crippen molar-refractivity contribution in [1.29, 1.82) is 0 Å². The fraction of sp³-hybridized carbons (Fsp3) is 0.684. The number of hydrogen-bond acceptors (Lipinski definition) is 4. The van der Waals surface area contributed by atoms with Crippen LogP contribution >= 0.6 is 0 Å². The van der Waals surface area contributed by atoms with Gasteiger partial charge in [-0.05, 0) is 49.7 Å². The molecule has 5 heteroatoms. The zero-order chi connectivity index (χ0) is 16.4. The molecule has 2 aliphatic carbocycles. The Morgan fingerprint density at radius 3 is 3.12 bits per heavy atom. The molecule has 0 bridgehead atoms. The minimum atomic E-state index is -0.0823. The zero-order valence-corrected chi connectivity index (χ0v) is 14.2. The number of hydrogen-bond donors (Lipinski definition) is 0. The SMILES string of the molecule is O=C([C@@H]1CCCc2cccnc21)N1CCO[C@@H](COCC2CC2)C1. The summed E-state index contributed by atoms with van der Waals surface area (Å²) in [4.78, 5) is 19.5. The molecule has 24 heavy (non-hydrogen) atoms. The number of nitrogens with zero attached hydrogens (tertiary/aromatic N) is 2. The first-order chi connectivity index (χ1) is 11.8. The molecule has 2 heterocycles. The maximum Gasteiger partial charge on any atom is 0.231 e. The maximum absolute atomic E-state index is 13.0. The standard InChI is InChI=1S/C19H26N2O3/c22-19(17-5-1-3-15-4-2-8-20-18(15)17)21-9-10-24-16(11-21)13-23-12-14-6-7-14/h2,4,8,14,16-17H,1,3,5-7,9-13H2/t16-,17-/m1/s1. The number of aromatic nitrogens is 1. The highest BCUT2D eigenvalue weighted by molar-refractivity contribution is 5.84. The summed E-state index contributed by atoms with van der Waals surface area (Å²) >= 11 is 0. The number of morpholine rings is 1. The van der Waals surface area contributed by atoms with Crippen molar-refractivity contribution in [3.63, 3.8) is 0 Å². The highest BCUT2D eigenvalue weighted by atomic mass is 16.5. The van der Waals surface area contributed by atoms with Crippen molar-refractivity contribution in [1.82, 2.24) is 9.88 Å². The van der Waals surface area contributed by atoms with E-state index in [1.54, 1.807) is 6.20 Å². The Morgan fingerprint density at radius 2 is 2.25 bits per heavy atom. The summed E-state index contributed by atoms with van der Waals surface area (Å²) in [6, 6.07) is 4.07. The van der Waals surface area contributed by atoms with E-state index in [9.17, 15) is 4.79 Å². The van der Waals surface area contributed by atoms with Gasteiger partial charge in [0, 0.05) is 25.9 Å². The minimum absolute atomic E-state index is 0.00763. The number of rotatable bonds is 5. The average molecular weight is 330 g/mol. The third-order valence-electron chi connectivity index (χ3n) is 5.30. The van der Waals surface area contributed by atoms with Gasteiger partial charge in [0.15, 0.2) is 0 Å². The fourth-order valence-electron chi connectivity index (χ4n) is 3.74. The van der Waals surface area contributed by atoms with Crippen LogP contribution in [0.5, 0.6) is 0 Å². The first-order valence-corrected chi connectivity index (χ1v) is 9.23. The quantitative estimate of drug-likeness (QED) is 0.830. The van der Waals surface area contributed by atoms with Crippen molar-refractivity contribution in [3.8, 4) is 0 Å². The van der Waals surface area contributed by atoms with Gasteiger partial charge in [0.25, 0.3) is 0 Å². The van der Waals surface area contributed by atoms with Crippen LogP contribution in [0, 0.1) is 5.92 Å². The Balaban J connectivity index is 1.37. The number of carbonyl (C=O) groups is 1. The summed E-state index contributed by atoms with van der Waals surface area (Å²) in [7, 11) is 0. The van der Waals surface area contributed by atoms with Gasteiger partial charge in [-0.25, -0.2) is 0 Å². The van der Waals surface area contributed by atoms with E-state index >= 15 is 0 Å². The van der Waals surface area contributed by atoms with Crippen molar-refractivity contribution in [2.24, 2.45) is 5.92 Å². The number of ether oxygens (including phenoxy) is 2. The molecule has 2 fully saturated rings. The van der Waals surface area contributed by atoms with Gasteiger partial charge in [-0.3, -0.25) is 9.78 Å². The van der Waals surface area contributed by atoms with Gasteiger partial charge in [0.1, 0.15) is 0 Å². The number of amides is 1. The summed E-state index contributed by atoms with van der Waals surface area (Å²) in [5, 5.41) is 0. The van der Waals surface area contributed by atoms with Crippen LogP contribution in [-0.2, 0) is 20.7 Å². The van der Waals surface area contributed by atoms with Crippen LogP contribution in [0.2, 0.25) is 0 Å². The number of pyridine rings is 1. The second-order valence-corrected chi connectivity index (χ2v) is 7.25. The minimum Gasteiger partial charge on any atom is -0.378 e. The van der Waals surface area contributed by atoms with Gasteiger partial charge in [-0.1, -0.05) is 6.07 Å². The number of carbonyl (C=O) groups excluding carboxylic acids is 1. The molecule has 5 nitrogen and oxygen atoms in total. The molecular weight excluding hydrogens is 304 g/mol. The number of fused-ring (bicyclic) bond motifs is 1. The third-order valence-corrected chi connectivity index (χ3v) is 5.30. The highest BCUT2D eigenvalue weighted by Crippen LogP contribution is 2.32. The third kappa shape index (κ3) is 3.62. The molecular formula is C19H26N2O3. The van der Waals surface area contributed by atoms with E-state index in [0.717, 1.165) is 37.5 Å². The van der Waals surface area contributed by atoms with E-state index < -0.39 is 0 Å². The Kier molecular flexibility index (Phi) is 4.81. The lowest BCUT2D eigenvalue weighted by Gasteiger charge is -2.36. The Bertz CT molecular complexity index is 588. The van der Waals surface area contributed by atoms with Crippen LogP contribution < -0.4 is 0 Å². The molecule has 1 saturated carbocycles. The molecule has 1 aromatic rings. The molecule has 0 spiro atoms. The first kappa shape index (κ1) is 16.0. The van der Waals surface area contributed by atoms with Crippen LogP contribution in [0.3, 0.4) is 0 Å². The lowest BCUT2D eigenvalue weighted by atomic mass is 9.85. The summed E-state index contributed by atoms with van der Waals surface area (Å²) in [6.45, 7) is 3.36. The largest absolute Gasteiger partial charge is 0.378 e. The lowest BCUT2D eigenvalue weighted by molar-refractivity contribution is -0.143. The molecule has 3 aliphatic rings. The summed E-state index contributed by atoms with van der Waals surface area (Å²) in [5.74, 6) is 0.891. The topological polar surface area (TPSA) is 51.7 Å². The Morgan fingerprint density at radius 1 is 1.33 bits per heavy atom. The lowest BCUT2D eigenvalue weighted by Crippen LogP contribution is -2.49. The summed E-state index contributed by atoms with van der Waals surface area (Å²) in [5.41, 5.74) is 2.22. The number of aryl methyl sites for hydroxylation is 1. The Hall–Kier alpha value is -1.46. The zero-order valence-electron chi connectivity index (χ0n) is 14.2. The van der Waals surface area contributed by atoms with Crippen molar-refractivity contribution in [3.05, 3.63) is 29.6 Å². The fourth-order valence-corrected chi connectivity index (χ4v) is 3.74. The van der Waals surface area contributed by atoms with Crippen LogP contribution in [0.15, 0.2) is 18.3 Å². The van der Waals surface area contributed by atoms with Crippen molar-refractivity contribution < 1.29 is 14.3 Å². The van der Waals surface area contributed by atoms with E-state index in [2.05, 4.69) is 11.1 Å². The molecule has 0 N–H and O–H groups in total. The molecule has 130 valence electrons. The molecule has 1 aliphatic heterocycles. The summed E-state index contributed by atoms with van der Waals surface area (Å²) < 4.78 is 11.5. The summed E-state index contributed by atoms with van der Waals surface area (Å²) in [6.07, 6.45) is 7.41. The van der Waals surface area contributed by atoms with Crippen LogP contribution in [-0.4, -0.2) is 54.8 Å². The van der Waals surface area contributed by atoms with Crippen LogP contribution in [0.1, 0.15) is 42.9 Å². The monoisotopic (exact) mass is 330 g/mol. The molecule has 0 aromatic carbocycles.